The SMILES string of the molecule is Clc1nc(-c2cnccn2)nc(C2CCCC2)c1I. The minimum atomic E-state index is 0.503. The maximum Gasteiger partial charge on any atom is 0.181 e. The summed E-state index contributed by atoms with van der Waals surface area (Å²) in [5.74, 6) is 1.07. The monoisotopic (exact) mass is 386 g/mol. The van der Waals surface area contributed by atoms with Crippen LogP contribution in [-0.4, -0.2) is 19.9 Å². The second kappa shape index (κ2) is 5.66. The molecule has 2 aromatic rings. The standard InChI is InChI=1S/C13H12ClIN4/c14-12-10(15)11(8-3-1-2-4-8)18-13(19-12)9-7-16-5-6-17-9/h5-8H,1-4H2. The van der Waals surface area contributed by atoms with Gasteiger partial charge in [0.25, 0.3) is 0 Å². The highest BCUT2D eigenvalue weighted by atomic mass is 127. The summed E-state index contributed by atoms with van der Waals surface area (Å²) in [5, 5.41) is 0.512. The van der Waals surface area contributed by atoms with Gasteiger partial charge in [0.15, 0.2) is 5.82 Å². The fourth-order valence-corrected chi connectivity index (χ4v) is 3.29. The van der Waals surface area contributed by atoms with Crippen LogP contribution in [0.4, 0.5) is 0 Å². The lowest BCUT2D eigenvalue weighted by Crippen LogP contribution is -2.05. The van der Waals surface area contributed by atoms with E-state index in [2.05, 4.69) is 42.5 Å². The molecular weight excluding hydrogens is 375 g/mol. The summed E-state index contributed by atoms with van der Waals surface area (Å²) < 4.78 is 0.971. The Kier molecular flexibility index (Phi) is 3.93. The summed E-state index contributed by atoms with van der Waals surface area (Å²) in [6.45, 7) is 0. The van der Waals surface area contributed by atoms with Gasteiger partial charge in [0, 0.05) is 18.3 Å². The van der Waals surface area contributed by atoms with Crippen LogP contribution in [0.1, 0.15) is 37.3 Å². The second-order valence-electron chi connectivity index (χ2n) is 4.61. The Morgan fingerprint density at radius 1 is 1.16 bits per heavy atom. The molecule has 0 N–H and O–H groups in total. The van der Waals surface area contributed by atoms with Crippen LogP contribution >= 0.6 is 34.2 Å². The fraction of sp³-hybridized carbons (Fsp3) is 0.385. The van der Waals surface area contributed by atoms with Gasteiger partial charge in [0.1, 0.15) is 10.8 Å². The molecule has 0 spiro atoms. The molecule has 1 aliphatic rings. The number of rotatable bonds is 2. The zero-order valence-corrected chi connectivity index (χ0v) is 13.1. The Labute approximate surface area is 130 Å². The fourth-order valence-electron chi connectivity index (χ4n) is 2.43. The van der Waals surface area contributed by atoms with Crippen LogP contribution in [0.2, 0.25) is 5.15 Å². The lowest BCUT2D eigenvalue weighted by molar-refractivity contribution is 0.690. The zero-order valence-electron chi connectivity index (χ0n) is 10.2. The van der Waals surface area contributed by atoms with Gasteiger partial charge in [-0.3, -0.25) is 4.98 Å². The zero-order chi connectivity index (χ0) is 13.2. The highest BCUT2D eigenvalue weighted by molar-refractivity contribution is 14.1. The van der Waals surface area contributed by atoms with Gasteiger partial charge in [-0.15, -0.1) is 0 Å². The molecule has 6 heteroatoms. The van der Waals surface area contributed by atoms with E-state index in [9.17, 15) is 0 Å². The summed E-state index contributed by atoms with van der Waals surface area (Å²) in [6.07, 6.45) is 9.84. The van der Waals surface area contributed by atoms with Crippen molar-refractivity contribution >= 4 is 34.2 Å². The molecule has 0 aromatic carbocycles. The molecule has 4 nitrogen and oxygen atoms in total. The predicted molar refractivity (Wildman–Crippen MR) is 82.0 cm³/mol. The molecule has 19 heavy (non-hydrogen) atoms. The smallest absolute Gasteiger partial charge is 0.181 e. The number of hydrogen-bond donors (Lipinski definition) is 0. The third kappa shape index (κ3) is 2.72. The minimum Gasteiger partial charge on any atom is -0.261 e. The Bertz CT molecular complexity index is 585. The first-order valence-electron chi connectivity index (χ1n) is 6.25. The van der Waals surface area contributed by atoms with E-state index in [-0.39, 0.29) is 0 Å². The van der Waals surface area contributed by atoms with Crippen LogP contribution in [0, 0.1) is 3.57 Å². The van der Waals surface area contributed by atoms with Crippen LogP contribution in [0.5, 0.6) is 0 Å². The van der Waals surface area contributed by atoms with Crippen molar-refractivity contribution in [2.24, 2.45) is 0 Å². The van der Waals surface area contributed by atoms with Gasteiger partial charge in [-0.25, -0.2) is 15.0 Å². The first-order valence-corrected chi connectivity index (χ1v) is 7.70. The molecule has 0 saturated heterocycles. The summed E-state index contributed by atoms with van der Waals surface area (Å²) in [4.78, 5) is 17.3. The second-order valence-corrected chi connectivity index (χ2v) is 6.05. The average molecular weight is 387 g/mol. The number of hydrogen-bond acceptors (Lipinski definition) is 4. The molecule has 3 rings (SSSR count). The van der Waals surface area contributed by atoms with E-state index in [0.29, 0.717) is 22.6 Å². The molecule has 0 unspecified atom stereocenters. The number of nitrogens with zero attached hydrogens (tertiary/aromatic N) is 4. The van der Waals surface area contributed by atoms with Crippen LogP contribution < -0.4 is 0 Å². The average Bonchev–Trinajstić information content (AvgIpc) is 2.96. The van der Waals surface area contributed by atoms with Crippen molar-refractivity contribution in [3.8, 4) is 11.5 Å². The molecule has 0 atom stereocenters. The van der Waals surface area contributed by atoms with Crippen molar-refractivity contribution in [1.82, 2.24) is 19.9 Å². The van der Waals surface area contributed by atoms with Crippen molar-refractivity contribution < 1.29 is 0 Å². The molecule has 0 aliphatic heterocycles. The molecule has 2 aromatic heterocycles. The van der Waals surface area contributed by atoms with Crippen molar-refractivity contribution in [1.29, 1.82) is 0 Å². The molecule has 1 fully saturated rings. The first-order chi connectivity index (χ1) is 9.25. The molecule has 0 amide bonds. The van der Waals surface area contributed by atoms with Crippen LogP contribution in [0.15, 0.2) is 18.6 Å². The highest BCUT2D eigenvalue weighted by Gasteiger charge is 2.23. The van der Waals surface area contributed by atoms with E-state index < -0.39 is 0 Å². The van der Waals surface area contributed by atoms with Gasteiger partial charge >= 0.3 is 0 Å². The van der Waals surface area contributed by atoms with E-state index in [4.69, 9.17) is 11.6 Å². The lowest BCUT2D eigenvalue weighted by atomic mass is 10.0. The largest absolute Gasteiger partial charge is 0.261 e. The third-order valence-corrected chi connectivity index (χ3v) is 5.03. The maximum absolute atomic E-state index is 6.24. The van der Waals surface area contributed by atoms with Crippen molar-refractivity contribution in [2.75, 3.05) is 0 Å². The molecule has 0 radical (unpaired) electrons. The van der Waals surface area contributed by atoms with Crippen molar-refractivity contribution in [3.05, 3.63) is 33.0 Å². The highest BCUT2D eigenvalue weighted by Crippen LogP contribution is 2.37. The van der Waals surface area contributed by atoms with Gasteiger partial charge in [0.05, 0.1) is 15.5 Å². The molecule has 98 valence electrons. The van der Waals surface area contributed by atoms with Crippen LogP contribution in [0.25, 0.3) is 11.5 Å². The minimum absolute atomic E-state index is 0.503. The van der Waals surface area contributed by atoms with Crippen LogP contribution in [-0.2, 0) is 0 Å². The Morgan fingerprint density at radius 2 is 1.95 bits per heavy atom. The third-order valence-electron chi connectivity index (χ3n) is 3.37. The number of aromatic nitrogens is 4. The summed E-state index contributed by atoms with van der Waals surface area (Å²) >= 11 is 8.48. The van der Waals surface area contributed by atoms with Gasteiger partial charge in [-0.2, -0.15) is 0 Å². The summed E-state index contributed by atoms with van der Waals surface area (Å²) in [5.41, 5.74) is 1.74. The van der Waals surface area contributed by atoms with E-state index in [1.807, 2.05) is 0 Å². The van der Waals surface area contributed by atoms with Crippen molar-refractivity contribution in [3.63, 3.8) is 0 Å². The van der Waals surface area contributed by atoms with Gasteiger partial charge < -0.3 is 0 Å². The first kappa shape index (κ1) is 13.2. The van der Waals surface area contributed by atoms with Crippen molar-refractivity contribution in [2.45, 2.75) is 31.6 Å². The Hall–Kier alpha value is -0.820. The number of halogens is 2. The summed E-state index contributed by atoms with van der Waals surface area (Å²) in [6, 6.07) is 0. The van der Waals surface area contributed by atoms with Gasteiger partial charge in [-0.1, -0.05) is 24.4 Å². The Morgan fingerprint density at radius 3 is 2.63 bits per heavy atom. The van der Waals surface area contributed by atoms with Gasteiger partial charge in [-0.05, 0) is 35.4 Å². The predicted octanol–water partition coefficient (Wildman–Crippen LogP) is 3.85. The summed E-state index contributed by atoms with van der Waals surface area (Å²) in [7, 11) is 0. The van der Waals surface area contributed by atoms with E-state index in [0.717, 1.165) is 9.26 Å². The van der Waals surface area contributed by atoms with E-state index in [1.54, 1.807) is 18.6 Å². The van der Waals surface area contributed by atoms with Gasteiger partial charge in [0.2, 0.25) is 0 Å². The van der Waals surface area contributed by atoms with E-state index >= 15 is 0 Å². The molecule has 0 bridgehead atoms. The lowest BCUT2D eigenvalue weighted by Gasteiger charge is -2.13. The van der Waals surface area contributed by atoms with E-state index in [1.165, 1.54) is 25.7 Å². The maximum atomic E-state index is 6.24. The molecule has 1 aliphatic carbocycles. The quantitative estimate of drug-likeness (QED) is 0.581. The normalized spacial score (nSPS) is 15.9. The topological polar surface area (TPSA) is 51.6 Å². The molecule has 1 saturated carbocycles. The molecular formula is C13H12ClIN4. The Balaban J connectivity index is 2.07. The molecule has 2 heterocycles. The van der Waals surface area contributed by atoms with Crippen LogP contribution in [0.3, 0.4) is 0 Å².